The molecule has 9 heteroatoms. The quantitative estimate of drug-likeness (QED) is 0.655. The number of pyridine rings is 1. The van der Waals surface area contributed by atoms with Crippen LogP contribution in [0.4, 0.5) is 10.5 Å². The van der Waals surface area contributed by atoms with Gasteiger partial charge in [0.25, 0.3) is 5.91 Å². The lowest BCUT2D eigenvalue weighted by atomic mass is 10.1. The van der Waals surface area contributed by atoms with Gasteiger partial charge in [0.1, 0.15) is 18.4 Å². The third kappa shape index (κ3) is 4.14. The highest BCUT2D eigenvalue weighted by molar-refractivity contribution is 9.10. The Hall–Kier alpha value is -3.20. The minimum atomic E-state index is -0.829. The van der Waals surface area contributed by atoms with E-state index in [9.17, 15) is 9.59 Å². The molecule has 1 aliphatic rings. The van der Waals surface area contributed by atoms with Crippen molar-refractivity contribution in [1.29, 1.82) is 0 Å². The van der Waals surface area contributed by atoms with Crippen molar-refractivity contribution in [3.05, 3.63) is 70.7 Å². The molecule has 1 atom stereocenters. The number of amides is 2. The van der Waals surface area contributed by atoms with Crippen LogP contribution < -0.4 is 15.0 Å². The van der Waals surface area contributed by atoms with E-state index in [1.54, 1.807) is 44.0 Å². The van der Waals surface area contributed by atoms with E-state index in [0.717, 1.165) is 15.6 Å². The summed E-state index contributed by atoms with van der Waals surface area (Å²) in [4.78, 5) is 31.0. The molecule has 29 heavy (non-hydrogen) atoms. The van der Waals surface area contributed by atoms with Gasteiger partial charge in [-0.1, -0.05) is 22.0 Å². The van der Waals surface area contributed by atoms with Crippen LogP contribution in [-0.4, -0.2) is 46.4 Å². The monoisotopic (exact) mass is 455 g/mol. The number of fused-ring (bicyclic) bond motifs is 1. The Kier molecular flexibility index (Phi) is 5.30. The van der Waals surface area contributed by atoms with Crippen LogP contribution in [0, 0.1) is 0 Å². The Bertz CT molecular complexity index is 1050. The largest absolute Gasteiger partial charge is 0.489 e. The van der Waals surface area contributed by atoms with Crippen LogP contribution in [0.15, 0.2) is 59.6 Å². The lowest BCUT2D eigenvalue weighted by molar-refractivity contribution is -0.120. The fourth-order valence-electron chi connectivity index (χ4n) is 3.09. The summed E-state index contributed by atoms with van der Waals surface area (Å²) in [5.74, 6) is 0.316. The molecule has 0 radical (unpaired) electrons. The minimum Gasteiger partial charge on any atom is -0.489 e. The summed E-state index contributed by atoms with van der Waals surface area (Å²) >= 11 is 3.40. The summed E-state index contributed by atoms with van der Waals surface area (Å²) in [6.07, 6.45) is 7.35. The van der Waals surface area contributed by atoms with Crippen molar-refractivity contribution < 1.29 is 14.3 Å². The minimum absolute atomic E-state index is 0.0351. The number of hydrogen-bond donors (Lipinski definition) is 1. The molecule has 0 bridgehead atoms. The Labute approximate surface area is 175 Å². The second kappa shape index (κ2) is 8.04. The van der Waals surface area contributed by atoms with E-state index < -0.39 is 12.1 Å². The van der Waals surface area contributed by atoms with Crippen LogP contribution in [0.5, 0.6) is 5.75 Å². The molecule has 148 valence electrons. The first kappa shape index (κ1) is 19.1. The average Bonchev–Trinajstić information content (AvgIpc) is 3.16. The topological polar surface area (TPSA) is 89.4 Å². The van der Waals surface area contributed by atoms with Gasteiger partial charge in [-0.15, -0.1) is 0 Å². The molecule has 0 unspecified atom stereocenters. The molecular formula is C20H18BrN5O3. The number of anilines is 1. The number of benzene rings is 1. The van der Waals surface area contributed by atoms with Crippen LogP contribution in [0.3, 0.4) is 0 Å². The molecule has 4 rings (SSSR count). The van der Waals surface area contributed by atoms with Crippen molar-refractivity contribution in [3.8, 4) is 5.75 Å². The molecule has 1 aliphatic heterocycles. The standard InChI is InChI=1S/C20H18BrN5O3/c1-25-17-8-15(21)4-5-18(17)29-12-16(19(25)27)24-20(28)26-11-14(10-23-26)7-13-3-2-6-22-9-13/h2-6,8-11,16H,7,12H2,1H3,(H,24,28)/t16-/m1/s1. The van der Waals surface area contributed by atoms with Crippen molar-refractivity contribution in [2.45, 2.75) is 12.5 Å². The first-order chi connectivity index (χ1) is 14.0. The van der Waals surface area contributed by atoms with Crippen LogP contribution in [0.2, 0.25) is 0 Å². The van der Waals surface area contributed by atoms with Crippen LogP contribution >= 0.6 is 15.9 Å². The van der Waals surface area contributed by atoms with Gasteiger partial charge >= 0.3 is 6.03 Å². The third-order valence-corrected chi connectivity index (χ3v) is 5.08. The van der Waals surface area contributed by atoms with E-state index in [0.29, 0.717) is 17.9 Å². The molecule has 0 saturated heterocycles. The Morgan fingerprint density at radius 3 is 2.97 bits per heavy atom. The normalized spacial score (nSPS) is 16.0. The molecule has 1 aromatic carbocycles. The molecule has 0 saturated carbocycles. The zero-order chi connectivity index (χ0) is 20.4. The first-order valence-electron chi connectivity index (χ1n) is 8.94. The predicted molar refractivity (Wildman–Crippen MR) is 110 cm³/mol. The van der Waals surface area contributed by atoms with Gasteiger partial charge in [0.15, 0.2) is 0 Å². The number of rotatable bonds is 3. The third-order valence-electron chi connectivity index (χ3n) is 4.59. The molecule has 0 spiro atoms. The van der Waals surface area contributed by atoms with Gasteiger partial charge in [-0.2, -0.15) is 9.78 Å². The highest BCUT2D eigenvalue weighted by atomic mass is 79.9. The Morgan fingerprint density at radius 1 is 1.31 bits per heavy atom. The zero-order valence-corrected chi connectivity index (χ0v) is 17.2. The summed E-state index contributed by atoms with van der Waals surface area (Å²) in [6, 6.07) is 7.91. The van der Waals surface area contributed by atoms with Crippen molar-refractivity contribution in [2.75, 3.05) is 18.6 Å². The van der Waals surface area contributed by atoms with Crippen molar-refractivity contribution in [2.24, 2.45) is 0 Å². The van der Waals surface area contributed by atoms with E-state index in [1.165, 1.54) is 9.58 Å². The molecule has 0 aliphatic carbocycles. The highest BCUT2D eigenvalue weighted by Gasteiger charge is 2.31. The second-order valence-electron chi connectivity index (χ2n) is 6.65. The fraction of sp³-hybridized carbons (Fsp3) is 0.200. The molecule has 1 N–H and O–H groups in total. The van der Waals surface area contributed by atoms with Crippen molar-refractivity contribution >= 4 is 33.6 Å². The number of nitrogens with zero attached hydrogens (tertiary/aromatic N) is 4. The summed E-state index contributed by atoms with van der Waals surface area (Å²) in [7, 11) is 1.65. The van der Waals surface area contributed by atoms with Crippen LogP contribution in [0.1, 0.15) is 11.1 Å². The number of carbonyl (C=O) groups excluding carboxylic acids is 2. The van der Waals surface area contributed by atoms with Gasteiger partial charge in [-0.3, -0.25) is 9.78 Å². The molecule has 8 nitrogen and oxygen atoms in total. The lowest BCUT2D eigenvalue weighted by Gasteiger charge is -2.20. The molecule has 3 aromatic rings. The van der Waals surface area contributed by atoms with Crippen molar-refractivity contribution in [1.82, 2.24) is 20.1 Å². The van der Waals surface area contributed by atoms with Gasteiger partial charge in [-0.05, 0) is 35.4 Å². The fourth-order valence-corrected chi connectivity index (χ4v) is 3.44. The number of ether oxygens (including phenoxy) is 1. The molecular weight excluding hydrogens is 438 g/mol. The van der Waals surface area contributed by atoms with Gasteiger partial charge in [0.05, 0.1) is 11.9 Å². The van der Waals surface area contributed by atoms with Gasteiger partial charge < -0.3 is 15.0 Å². The van der Waals surface area contributed by atoms with Crippen LogP contribution in [0.25, 0.3) is 0 Å². The van der Waals surface area contributed by atoms with E-state index >= 15 is 0 Å². The number of aromatic nitrogens is 3. The number of nitrogens with one attached hydrogen (secondary N) is 1. The first-order valence-corrected chi connectivity index (χ1v) is 9.74. The van der Waals surface area contributed by atoms with Crippen LogP contribution in [-0.2, 0) is 11.2 Å². The smallest absolute Gasteiger partial charge is 0.342 e. The van der Waals surface area contributed by atoms with E-state index in [4.69, 9.17) is 4.74 Å². The highest BCUT2D eigenvalue weighted by Crippen LogP contribution is 2.33. The summed E-state index contributed by atoms with van der Waals surface area (Å²) < 4.78 is 7.76. The molecule has 3 heterocycles. The SMILES string of the molecule is CN1C(=O)[C@H](NC(=O)n2cc(Cc3cccnc3)cn2)COc2ccc(Br)cc21. The van der Waals surface area contributed by atoms with E-state index in [-0.39, 0.29) is 12.5 Å². The summed E-state index contributed by atoms with van der Waals surface area (Å²) in [5.41, 5.74) is 2.52. The predicted octanol–water partition coefficient (Wildman–Crippen LogP) is 2.61. The summed E-state index contributed by atoms with van der Waals surface area (Å²) in [6.45, 7) is 0.0351. The Morgan fingerprint density at radius 2 is 2.17 bits per heavy atom. The van der Waals surface area contributed by atoms with Gasteiger partial charge in [0, 0.05) is 36.5 Å². The second-order valence-corrected chi connectivity index (χ2v) is 7.57. The summed E-state index contributed by atoms with van der Waals surface area (Å²) in [5, 5.41) is 6.81. The lowest BCUT2D eigenvalue weighted by Crippen LogP contribution is -2.50. The van der Waals surface area contributed by atoms with E-state index in [1.807, 2.05) is 18.2 Å². The van der Waals surface area contributed by atoms with Crippen molar-refractivity contribution in [3.63, 3.8) is 0 Å². The van der Waals surface area contributed by atoms with E-state index in [2.05, 4.69) is 31.3 Å². The Balaban J connectivity index is 1.45. The number of hydrogen-bond acceptors (Lipinski definition) is 5. The molecule has 2 amide bonds. The maximum Gasteiger partial charge on any atom is 0.342 e. The average molecular weight is 456 g/mol. The van der Waals surface area contributed by atoms with Gasteiger partial charge in [0.2, 0.25) is 0 Å². The molecule has 2 aromatic heterocycles. The van der Waals surface area contributed by atoms with Gasteiger partial charge in [-0.25, -0.2) is 4.79 Å². The maximum absolute atomic E-state index is 12.8. The maximum atomic E-state index is 12.8. The zero-order valence-electron chi connectivity index (χ0n) is 15.6. The number of carbonyl (C=O) groups is 2. The number of halogens is 1. The molecule has 0 fully saturated rings. The number of likely N-dealkylation sites (N-methyl/N-ethyl adjacent to an activating group) is 1.